The quantitative estimate of drug-likeness (QED) is 0.728. The standard InChI is InChI=1S/C23H31N3O/c1-19-17-25(3)20(2)16-23(19,21-8-5-4-6-9-21)11-13-26(14-12-24)18-22-10-7-15-27-22/h4-10,15,19-20H,11,13-14,16-18H2,1-3H3/p+2/t19-,20+,23+/m1/s1. The topological polar surface area (TPSA) is 45.8 Å². The predicted molar refractivity (Wildman–Crippen MR) is 106 cm³/mol. The first-order valence-electron chi connectivity index (χ1n) is 10.2. The summed E-state index contributed by atoms with van der Waals surface area (Å²) >= 11 is 0. The molecule has 0 aliphatic carbocycles. The van der Waals surface area contributed by atoms with Gasteiger partial charge in [0.25, 0.3) is 0 Å². The van der Waals surface area contributed by atoms with Crippen molar-refractivity contribution < 1.29 is 14.2 Å². The Balaban J connectivity index is 1.82. The largest absolute Gasteiger partial charge is 0.463 e. The van der Waals surface area contributed by atoms with Crippen LogP contribution in [0.1, 0.15) is 38.0 Å². The van der Waals surface area contributed by atoms with E-state index in [-0.39, 0.29) is 5.41 Å². The molecular weight excluding hydrogens is 334 g/mol. The first kappa shape index (κ1) is 19.7. The number of rotatable bonds is 7. The summed E-state index contributed by atoms with van der Waals surface area (Å²) in [7, 11) is 2.32. The van der Waals surface area contributed by atoms with Crippen LogP contribution in [0.2, 0.25) is 0 Å². The van der Waals surface area contributed by atoms with Gasteiger partial charge in [-0.2, -0.15) is 5.26 Å². The minimum Gasteiger partial charge on any atom is -0.463 e. The SMILES string of the molecule is C[C@@H]1C[NH+](C)[C@@H](C)C[C@]1(CC[NH+](CC#N)Cc1ccco1)c1ccccc1. The zero-order valence-corrected chi connectivity index (χ0v) is 16.9. The van der Waals surface area contributed by atoms with Gasteiger partial charge in [-0.3, -0.25) is 0 Å². The molecule has 3 rings (SSSR count). The minimum absolute atomic E-state index is 0.185. The van der Waals surface area contributed by atoms with Crippen LogP contribution in [0.5, 0.6) is 0 Å². The Morgan fingerprint density at radius 2 is 2.00 bits per heavy atom. The molecule has 1 saturated heterocycles. The van der Waals surface area contributed by atoms with Crippen molar-refractivity contribution >= 4 is 0 Å². The zero-order valence-electron chi connectivity index (χ0n) is 16.9. The number of benzene rings is 1. The molecule has 2 unspecified atom stereocenters. The second-order valence-electron chi connectivity index (χ2n) is 8.42. The molecule has 1 aromatic heterocycles. The molecule has 4 heteroatoms. The fourth-order valence-corrected chi connectivity index (χ4v) is 4.88. The van der Waals surface area contributed by atoms with Gasteiger partial charge in [0.2, 0.25) is 0 Å². The van der Waals surface area contributed by atoms with Crippen molar-refractivity contribution in [3.8, 4) is 6.07 Å². The van der Waals surface area contributed by atoms with Gasteiger partial charge in [-0.25, -0.2) is 0 Å². The van der Waals surface area contributed by atoms with E-state index < -0.39 is 0 Å². The molecule has 0 radical (unpaired) electrons. The number of likely N-dealkylation sites (tertiary alicyclic amines) is 1. The molecule has 1 aliphatic rings. The molecule has 0 amide bonds. The van der Waals surface area contributed by atoms with Crippen molar-refractivity contribution in [1.82, 2.24) is 0 Å². The summed E-state index contributed by atoms with van der Waals surface area (Å²) in [6.45, 7) is 8.27. The summed E-state index contributed by atoms with van der Waals surface area (Å²) < 4.78 is 5.53. The molecule has 4 nitrogen and oxygen atoms in total. The van der Waals surface area contributed by atoms with E-state index in [1.165, 1.54) is 23.4 Å². The summed E-state index contributed by atoms with van der Waals surface area (Å²) in [6.07, 6.45) is 4.02. The lowest BCUT2D eigenvalue weighted by atomic mass is 9.63. The summed E-state index contributed by atoms with van der Waals surface area (Å²) in [6, 6.07) is 18.0. The lowest BCUT2D eigenvalue weighted by Crippen LogP contribution is -3.15. The normalized spacial score (nSPS) is 29.2. The van der Waals surface area contributed by atoms with E-state index in [1.54, 1.807) is 11.2 Å². The van der Waals surface area contributed by atoms with Gasteiger partial charge in [-0.05, 0) is 24.6 Å². The summed E-state index contributed by atoms with van der Waals surface area (Å²) in [4.78, 5) is 2.92. The van der Waals surface area contributed by atoms with Crippen LogP contribution in [0.4, 0.5) is 0 Å². The Bertz CT molecular complexity index is 737. The molecule has 27 heavy (non-hydrogen) atoms. The molecule has 1 aromatic carbocycles. The van der Waals surface area contributed by atoms with Gasteiger partial charge in [0.15, 0.2) is 12.3 Å². The Morgan fingerprint density at radius 3 is 2.67 bits per heavy atom. The molecule has 0 bridgehead atoms. The number of piperidine rings is 1. The van der Waals surface area contributed by atoms with E-state index in [0.29, 0.717) is 18.5 Å². The number of nitriles is 1. The van der Waals surface area contributed by atoms with Crippen LogP contribution in [0.25, 0.3) is 0 Å². The van der Waals surface area contributed by atoms with Gasteiger partial charge < -0.3 is 14.2 Å². The number of nitrogens with one attached hydrogen (secondary N) is 2. The monoisotopic (exact) mass is 367 g/mol. The Labute approximate surface area is 163 Å². The number of quaternary nitrogens is 2. The Hall–Kier alpha value is -2.09. The number of furan rings is 1. The highest BCUT2D eigenvalue weighted by Crippen LogP contribution is 2.40. The minimum atomic E-state index is 0.185. The van der Waals surface area contributed by atoms with Crippen LogP contribution in [0, 0.1) is 17.2 Å². The molecule has 0 spiro atoms. The zero-order chi connectivity index (χ0) is 19.3. The number of hydrogen-bond donors (Lipinski definition) is 2. The molecule has 1 aliphatic heterocycles. The fraction of sp³-hybridized carbons (Fsp3) is 0.522. The predicted octanol–water partition coefficient (Wildman–Crippen LogP) is 1.46. The van der Waals surface area contributed by atoms with Crippen LogP contribution in [0.15, 0.2) is 53.1 Å². The van der Waals surface area contributed by atoms with E-state index in [2.05, 4.69) is 57.3 Å². The third kappa shape index (κ3) is 4.43. The molecule has 2 N–H and O–H groups in total. The average Bonchev–Trinajstić information content (AvgIpc) is 3.17. The molecule has 2 heterocycles. The number of hydrogen-bond acceptors (Lipinski definition) is 2. The Kier molecular flexibility index (Phi) is 6.36. The highest BCUT2D eigenvalue weighted by Gasteiger charge is 2.46. The maximum Gasteiger partial charge on any atom is 0.165 e. The first-order valence-corrected chi connectivity index (χ1v) is 10.2. The van der Waals surface area contributed by atoms with Gasteiger partial charge >= 0.3 is 0 Å². The third-order valence-corrected chi connectivity index (χ3v) is 6.69. The van der Waals surface area contributed by atoms with Gasteiger partial charge in [0, 0.05) is 24.2 Å². The second kappa shape index (κ2) is 8.73. The van der Waals surface area contributed by atoms with Gasteiger partial charge in [0.05, 0.1) is 32.4 Å². The van der Waals surface area contributed by atoms with Crippen molar-refractivity contribution in [3.05, 3.63) is 60.1 Å². The average molecular weight is 368 g/mol. The van der Waals surface area contributed by atoms with E-state index in [1.807, 2.05) is 12.1 Å². The van der Waals surface area contributed by atoms with Crippen LogP contribution in [-0.4, -0.2) is 32.7 Å². The number of nitrogens with zero attached hydrogens (tertiary/aromatic N) is 1. The van der Waals surface area contributed by atoms with Crippen molar-refractivity contribution in [2.24, 2.45) is 5.92 Å². The maximum absolute atomic E-state index is 9.31. The van der Waals surface area contributed by atoms with Crippen LogP contribution in [-0.2, 0) is 12.0 Å². The molecular formula is C23H33N3O+2. The first-order chi connectivity index (χ1) is 13.0. The second-order valence-corrected chi connectivity index (χ2v) is 8.42. The fourth-order valence-electron chi connectivity index (χ4n) is 4.88. The lowest BCUT2D eigenvalue weighted by Gasteiger charge is -2.47. The summed E-state index contributed by atoms with van der Waals surface area (Å²) in [5, 5.41) is 9.31. The van der Waals surface area contributed by atoms with Crippen LogP contribution in [0.3, 0.4) is 0 Å². The molecule has 5 atom stereocenters. The van der Waals surface area contributed by atoms with E-state index in [0.717, 1.165) is 25.3 Å². The molecule has 0 saturated carbocycles. The Morgan fingerprint density at radius 1 is 1.22 bits per heavy atom. The smallest absolute Gasteiger partial charge is 0.165 e. The maximum atomic E-state index is 9.31. The highest BCUT2D eigenvalue weighted by atomic mass is 16.3. The van der Waals surface area contributed by atoms with Crippen molar-refractivity contribution in [2.45, 2.75) is 44.7 Å². The van der Waals surface area contributed by atoms with Crippen molar-refractivity contribution in [3.63, 3.8) is 0 Å². The summed E-state index contributed by atoms with van der Waals surface area (Å²) in [5.41, 5.74) is 1.65. The van der Waals surface area contributed by atoms with Crippen molar-refractivity contribution in [2.75, 3.05) is 26.7 Å². The lowest BCUT2D eigenvalue weighted by molar-refractivity contribution is -0.918. The molecule has 2 aromatic rings. The van der Waals surface area contributed by atoms with E-state index >= 15 is 0 Å². The van der Waals surface area contributed by atoms with Gasteiger partial charge in [-0.15, -0.1) is 0 Å². The van der Waals surface area contributed by atoms with Gasteiger partial charge in [-0.1, -0.05) is 37.3 Å². The van der Waals surface area contributed by atoms with E-state index in [9.17, 15) is 5.26 Å². The summed E-state index contributed by atoms with van der Waals surface area (Å²) in [5.74, 6) is 1.58. The van der Waals surface area contributed by atoms with E-state index in [4.69, 9.17) is 4.42 Å². The van der Waals surface area contributed by atoms with Gasteiger partial charge in [0.1, 0.15) is 12.6 Å². The van der Waals surface area contributed by atoms with Crippen LogP contribution < -0.4 is 9.80 Å². The van der Waals surface area contributed by atoms with Crippen LogP contribution >= 0.6 is 0 Å². The van der Waals surface area contributed by atoms with Crippen molar-refractivity contribution in [1.29, 1.82) is 5.26 Å². The molecule has 144 valence electrons. The molecule has 1 fully saturated rings. The third-order valence-electron chi connectivity index (χ3n) is 6.69. The highest BCUT2D eigenvalue weighted by molar-refractivity contribution is 5.27.